The first-order valence-corrected chi connectivity index (χ1v) is 6.81. The number of Topliss-reactive ketones (excluding diaryl/α,β-unsaturated/α-hetero) is 1. The summed E-state index contributed by atoms with van der Waals surface area (Å²) in [6, 6.07) is 13.3. The molecule has 0 aliphatic carbocycles. The maximum Gasteiger partial charge on any atom is 0.158 e. The molecule has 0 aliphatic heterocycles. The Labute approximate surface area is 131 Å². The van der Waals surface area contributed by atoms with Crippen LogP contribution in [0.3, 0.4) is 0 Å². The Morgan fingerprint density at radius 2 is 1.95 bits per heavy atom. The number of methoxy groups -OCH3 is 1. The number of ketones is 1. The van der Waals surface area contributed by atoms with Gasteiger partial charge in [0.1, 0.15) is 11.8 Å². The zero-order valence-electron chi connectivity index (χ0n) is 13.0. The molecule has 0 spiro atoms. The van der Waals surface area contributed by atoms with E-state index in [1.54, 1.807) is 20.4 Å². The molecule has 0 saturated heterocycles. The molecule has 1 aromatic heterocycles. The lowest BCUT2D eigenvalue weighted by Crippen LogP contribution is -2.30. The van der Waals surface area contributed by atoms with Crippen LogP contribution in [-0.4, -0.2) is 31.0 Å². The highest BCUT2D eigenvalue weighted by Crippen LogP contribution is 2.19. The lowest BCUT2D eigenvalue weighted by atomic mass is 10.1. The van der Waals surface area contributed by atoms with Crippen molar-refractivity contribution in [1.82, 2.24) is 10.3 Å². The summed E-state index contributed by atoms with van der Waals surface area (Å²) in [6.45, 7) is 1.46. The minimum atomic E-state index is -0.407. The van der Waals surface area contributed by atoms with Gasteiger partial charge in [-0.3, -0.25) is 9.78 Å². The molecular formula is C18H20N2O2. The number of carbonyl (C=O) groups is 1. The van der Waals surface area contributed by atoms with E-state index >= 15 is 0 Å². The van der Waals surface area contributed by atoms with E-state index in [2.05, 4.69) is 16.2 Å². The van der Waals surface area contributed by atoms with E-state index < -0.39 is 6.04 Å². The van der Waals surface area contributed by atoms with E-state index in [0.717, 1.165) is 17.0 Å². The van der Waals surface area contributed by atoms with Crippen LogP contribution in [0.1, 0.15) is 6.92 Å². The Morgan fingerprint density at radius 1 is 1.27 bits per heavy atom. The van der Waals surface area contributed by atoms with Gasteiger partial charge in [-0.25, -0.2) is 0 Å². The smallest absolute Gasteiger partial charge is 0.158 e. The summed E-state index contributed by atoms with van der Waals surface area (Å²) < 4.78 is 5.08. The Kier molecular flexibility index (Phi) is 7.38. The number of hydrogen-bond acceptors (Lipinski definition) is 4. The second-order valence-corrected chi connectivity index (χ2v) is 4.44. The van der Waals surface area contributed by atoms with Gasteiger partial charge in [0, 0.05) is 11.8 Å². The van der Waals surface area contributed by atoms with Gasteiger partial charge in [-0.2, -0.15) is 0 Å². The molecule has 1 atom stereocenters. The first-order chi connectivity index (χ1) is 10.6. The van der Waals surface area contributed by atoms with E-state index in [-0.39, 0.29) is 5.78 Å². The van der Waals surface area contributed by atoms with Gasteiger partial charge in [-0.15, -0.1) is 6.42 Å². The molecule has 0 fully saturated rings. The van der Waals surface area contributed by atoms with Crippen molar-refractivity contribution in [2.45, 2.75) is 13.0 Å². The lowest BCUT2D eigenvalue weighted by Gasteiger charge is -2.02. The summed E-state index contributed by atoms with van der Waals surface area (Å²) in [7, 11) is 3.32. The predicted octanol–water partition coefficient (Wildman–Crippen LogP) is 2.55. The molecule has 0 radical (unpaired) electrons. The number of likely N-dealkylation sites (N-methyl/N-ethyl adjacent to an activating group) is 1. The van der Waals surface area contributed by atoms with Crippen LogP contribution in [0.5, 0.6) is 5.75 Å². The third kappa shape index (κ3) is 5.39. The van der Waals surface area contributed by atoms with E-state index in [1.165, 1.54) is 6.92 Å². The Bertz CT molecular complexity index is 616. The summed E-state index contributed by atoms with van der Waals surface area (Å²) in [5.41, 5.74) is 2.08. The number of pyridine rings is 1. The second-order valence-electron chi connectivity index (χ2n) is 4.44. The van der Waals surface area contributed by atoms with Gasteiger partial charge < -0.3 is 10.1 Å². The van der Waals surface area contributed by atoms with Crippen LogP contribution in [0.15, 0.2) is 48.7 Å². The fourth-order valence-electron chi connectivity index (χ4n) is 1.70. The molecule has 0 bridgehead atoms. The topological polar surface area (TPSA) is 51.2 Å². The third-order valence-corrected chi connectivity index (χ3v) is 2.91. The van der Waals surface area contributed by atoms with Crippen LogP contribution >= 0.6 is 0 Å². The van der Waals surface area contributed by atoms with Crippen molar-refractivity contribution in [3.63, 3.8) is 0 Å². The van der Waals surface area contributed by atoms with E-state index in [4.69, 9.17) is 11.2 Å². The van der Waals surface area contributed by atoms with Crippen LogP contribution < -0.4 is 10.1 Å². The molecule has 22 heavy (non-hydrogen) atoms. The van der Waals surface area contributed by atoms with E-state index in [0.29, 0.717) is 0 Å². The summed E-state index contributed by atoms with van der Waals surface area (Å²) in [6.07, 6.45) is 6.74. The summed E-state index contributed by atoms with van der Waals surface area (Å²) in [5, 5.41) is 2.67. The van der Waals surface area contributed by atoms with Crippen molar-refractivity contribution in [3.8, 4) is 29.4 Å². The fraction of sp³-hybridized carbons (Fsp3) is 0.222. The molecule has 114 valence electrons. The number of hydrogen-bond donors (Lipinski definition) is 1. The highest BCUT2D eigenvalue weighted by molar-refractivity contribution is 5.84. The quantitative estimate of drug-likeness (QED) is 0.881. The molecule has 1 heterocycles. The van der Waals surface area contributed by atoms with Crippen molar-refractivity contribution in [1.29, 1.82) is 0 Å². The number of nitrogens with one attached hydrogen (secondary N) is 1. The number of ether oxygens (including phenoxy) is 1. The molecule has 4 heteroatoms. The molecule has 4 nitrogen and oxygen atoms in total. The zero-order valence-corrected chi connectivity index (χ0v) is 13.0. The zero-order chi connectivity index (χ0) is 16.4. The van der Waals surface area contributed by atoms with E-state index in [1.807, 2.05) is 42.5 Å². The van der Waals surface area contributed by atoms with Gasteiger partial charge in [0.05, 0.1) is 12.8 Å². The molecule has 1 unspecified atom stereocenters. The molecule has 1 N–H and O–H groups in total. The minimum Gasteiger partial charge on any atom is -0.497 e. The lowest BCUT2D eigenvalue weighted by molar-refractivity contribution is -0.117. The molecule has 0 saturated carbocycles. The van der Waals surface area contributed by atoms with Gasteiger partial charge in [0.2, 0.25) is 0 Å². The fourth-order valence-corrected chi connectivity index (χ4v) is 1.70. The van der Waals surface area contributed by atoms with Gasteiger partial charge in [0.25, 0.3) is 0 Å². The average molecular weight is 296 g/mol. The van der Waals surface area contributed by atoms with Crippen molar-refractivity contribution in [3.05, 3.63) is 48.7 Å². The number of aromatic nitrogens is 1. The van der Waals surface area contributed by atoms with Crippen molar-refractivity contribution in [2.24, 2.45) is 0 Å². The SMILES string of the molecule is C#CC(NC)C(C)=O.COc1ccc(-c2ccccn2)cc1. The molecule has 2 rings (SSSR count). The van der Waals surface area contributed by atoms with Gasteiger partial charge >= 0.3 is 0 Å². The van der Waals surface area contributed by atoms with Crippen molar-refractivity contribution >= 4 is 5.78 Å². The standard InChI is InChI=1S/C12H11NO.C6H9NO/c1-14-11-7-5-10(6-8-11)12-4-2-3-9-13-12;1-4-6(7-3)5(2)8/h2-9H,1H3;1,6-7H,2-3H3. The van der Waals surface area contributed by atoms with Gasteiger partial charge in [-0.1, -0.05) is 12.0 Å². The molecule has 0 aliphatic rings. The first kappa shape index (κ1) is 17.4. The number of nitrogens with zero attached hydrogens (tertiary/aromatic N) is 1. The Morgan fingerprint density at radius 3 is 2.32 bits per heavy atom. The summed E-state index contributed by atoms with van der Waals surface area (Å²) in [5.74, 6) is 3.14. The van der Waals surface area contributed by atoms with Crippen LogP contribution in [-0.2, 0) is 4.79 Å². The molecular weight excluding hydrogens is 276 g/mol. The number of terminal acetylenes is 1. The summed E-state index contributed by atoms with van der Waals surface area (Å²) >= 11 is 0. The minimum absolute atomic E-state index is 0.0185. The molecule has 1 aromatic carbocycles. The highest BCUT2D eigenvalue weighted by atomic mass is 16.5. The number of carbonyl (C=O) groups excluding carboxylic acids is 1. The Balaban J connectivity index is 0.000000261. The average Bonchev–Trinajstić information content (AvgIpc) is 2.57. The van der Waals surface area contributed by atoms with Crippen molar-refractivity contribution in [2.75, 3.05) is 14.2 Å². The van der Waals surface area contributed by atoms with Gasteiger partial charge in [-0.05, 0) is 50.4 Å². The summed E-state index contributed by atoms with van der Waals surface area (Å²) in [4.78, 5) is 14.7. The normalized spacial score (nSPS) is 10.6. The van der Waals surface area contributed by atoms with Crippen molar-refractivity contribution < 1.29 is 9.53 Å². The maximum absolute atomic E-state index is 10.4. The highest BCUT2D eigenvalue weighted by Gasteiger charge is 2.04. The van der Waals surface area contributed by atoms with Crippen LogP contribution in [0, 0.1) is 12.3 Å². The maximum atomic E-state index is 10.4. The largest absolute Gasteiger partial charge is 0.497 e. The molecule has 0 amide bonds. The number of benzene rings is 1. The van der Waals surface area contributed by atoms with Crippen LogP contribution in [0.2, 0.25) is 0 Å². The predicted molar refractivity (Wildman–Crippen MR) is 88.6 cm³/mol. The third-order valence-electron chi connectivity index (χ3n) is 2.91. The second kappa shape index (κ2) is 9.32. The Hall–Kier alpha value is -2.64. The van der Waals surface area contributed by atoms with Crippen LogP contribution in [0.25, 0.3) is 11.3 Å². The molecule has 2 aromatic rings. The van der Waals surface area contributed by atoms with Crippen LogP contribution in [0.4, 0.5) is 0 Å². The first-order valence-electron chi connectivity index (χ1n) is 6.81. The number of rotatable bonds is 4. The van der Waals surface area contributed by atoms with Gasteiger partial charge in [0.15, 0.2) is 5.78 Å². The monoisotopic (exact) mass is 296 g/mol. The van der Waals surface area contributed by atoms with E-state index in [9.17, 15) is 4.79 Å².